The summed E-state index contributed by atoms with van der Waals surface area (Å²) < 4.78 is 18.8. The second-order valence-corrected chi connectivity index (χ2v) is 3.81. The number of hydrogen-bond donors (Lipinski definition) is 2. The summed E-state index contributed by atoms with van der Waals surface area (Å²) in [5.41, 5.74) is 2.22. The molecule has 0 aliphatic rings. The Morgan fingerprint density at radius 2 is 2.20 bits per heavy atom. The molecular formula is C11H10FN5O3. The SMILES string of the molecule is Cc1ccc(F)c(Oc2ncnc(NN)c2[N+](=O)[O-])c1. The summed E-state index contributed by atoms with van der Waals surface area (Å²) in [5, 5.41) is 11.0. The molecular weight excluding hydrogens is 269 g/mol. The third-order valence-corrected chi connectivity index (χ3v) is 2.40. The fraction of sp³-hybridized carbons (Fsp3) is 0.0909. The lowest BCUT2D eigenvalue weighted by Gasteiger charge is -2.08. The summed E-state index contributed by atoms with van der Waals surface area (Å²) in [5.74, 6) is 3.67. The van der Waals surface area contributed by atoms with Crippen LogP contribution in [-0.4, -0.2) is 14.9 Å². The Morgan fingerprint density at radius 1 is 1.45 bits per heavy atom. The molecule has 0 saturated carbocycles. The van der Waals surface area contributed by atoms with Crippen LogP contribution in [0, 0.1) is 22.9 Å². The molecule has 2 aromatic rings. The predicted octanol–water partition coefficient (Wildman–Crippen LogP) is 1.91. The zero-order valence-corrected chi connectivity index (χ0v) is 10.3. The second-order valence-electron chi connectivity index (χ2n) is 3.81. The summed E-state index contributed by atoms with van der Waals surface area (Å²) in [6, 6.07) is 4.14. The normalized spacial score (nSPS) is 10.2. The Bertz CT molecular complexity index is 665. The van der Waals surface area contributed by atoms with Gasteiger partial charge in [-0.15, -0.1) is 0 Å². The molecule has 104 valence electrons. The molecule has 0 fully saturated rings. The van der Waals surface area contributed by atoms with E-state index in [1.165, 1.54) is 12.1 Å². The average molecular weight is 279 g/mol. The molecule has 0 unspecified atom stereocenters. The van der Waals surface area contributed by atoms with E-state index in [0.717, 1.165) is 11.9 Å². The van der Waals surface area contributed by atoms with Crippen molar-refractivity contribution in [3.63, 3.8) is 0 Å². The van der Waals surface area contributed by atoms with Crippen molar-refractivity contribution in [2.24, 2.45) is 5.84 Å². The first-order valence-electron chi connectivity index (χ1n) is 5.43. The molecule has 0 spiro atoms. The Labute approximate surface area is 112 Å². The first-order chi connectivity index (χ1) is 9.52. The molecule has 1 aromatic carbocycles. The van der Waals surface area contributed by atoms with E-state index in [1.54, 1.807) is 13.0 Å². The highest BCUT2D eigenvalue weighted by Gasteiger charge is 2.25. The van der Waals surface area contributed by atoms with E-state index in [1.807, 2.05) is 0 Å². The van der Waals surface area contributed by atoms with Crippen molar-refractivity contribution in [2.75, 3.05) is 5.43 Å². The Kier molecular flexibility index (Phi) is 3.71. The van der Waals surface area contributed by atoms with Crippen LogP contribution in [0.4, 0.5) is 15.9 Å². The minimum Gasteiger partial charge on any atom is -0.430 e. The quantitative estimate of drug-likeness (QED) is 0.498. The molecule has 1 heterocycles. The molecule has 0 aliphatic carbocycles. The first-order valence-corrected chi connectivity index (χ1v) is 5.43. The lowest BCUT2D eigenvalue weighted by molar-refractivity contribution is -0.385. The number of aryl methyl sites for hydroxylation is 1. The molecule has 3 N–H and O–H groups in total. The minimum absolute atomic E-state index is 0.172. The summed E-state index contributed by atoms with van der Waals surface area (Å²) in [6.45, 7) is 1.73. The van der Waals surface area contributed by atoms with Crippen LogP contribution in [-0.2, 0) is 0 Å². The van der Waals surface area contributed by atoms with Gasteiger partial charge in [0.2, 0.25) is 5.82 Å². The zero-order valence-electron chi connectivity index (χ0n) is 10.3. The highest BCUT2D eigenvalue weighted by atomic mass is 19.1. The summed E-state index contributed by atoms with van der Waals surface area (Å²) in [6.07, 6.45) is 1.02. The highest BCUT2D eigenvalue weighted by molar-refractivity contribution is 5.61. The number of nitro groups is 1. The summed E-state index contributed by atoms with van der Waals surface area (Å²) in [7, 11) is 0. The number of rotatable bonds is 4. The molecule has 0 amide bonds. The lowest BCUT2D eigenvalue weighted by Crippen LogP contribution is -2.12. The number of hydrazine groups is 1. The number of halogens is 1. The molecule has 0 radical (unpaired) electrons. The number of aromatic nitrogens is 2. The van der Waals surface area contributed by atoms with Gasteiger partial charge < -0.3 is 10.2 Å². The van der Waals surface area contributed by atoms with E-state index in [0.29, 0.717) is 0 Å². The van der Waals surface area contributed by atoms with Crippen molar-refractivity contribution < 1.29 is 14.1 Å². The number of nitrogens with one attached hydrogen (secondary N) is 1. The van der Waals surface area contributed by atoms with Crippen molar-refractivity contribution in [1.82, 2.24) is 9.97 Å². The maximum Gasteiger partial charge on any atom is 0.374 e. The Hall–Kier alpha value is -2.81. The van der Waals surface area contributed by atoms with Crippen molar-refractivity contribution >= 4 is 11.5 Å². The molecule has 0 aliphatic heterocycles. The van der Waals surface area contributed by atoms with Crippen LogP contribution in [0.3, 0.4) is 0 Å². The van der Waals surface area contributed by atoms with Gasteiger partial charge in [0.05, 0.1) is 4.92 Å². The zero-order chi connectivity index (χ0) is 14.7. The minimum atomic E-state index is -0.766. The maximum absolute atomic E-state index is 13.6. The van der Waals surface area contributed by atoms with Gasteiger partial charge in [0.15, 0.2) is 11.6 Å². The fourth-order valence-electron chi connectivity index (χ4n) is 1.50. The Balaban J connectivity index is 2.48. The number of nitrogen functional groups attached to an aromatic ring is 1. The standard InChI is InChI=1S/C11H10FN5O3/c1-6-2-3-7(12)8(4-6)20-11-9(17(18)19)10(16-13)14-5-15-11/h2-5H,13H2,1H3,(H,14,15,16). The molecule has 20 heavy (non-hydrogen) atoms. The maximum atomic E-state index is 13.6. The molecule has 0 saturated heterocycles. The molecule has 9 heteroatoms. The number of benzene rings is 1. The van der Waals surface area contributed by atoms with Gasteiger partial charge >= 0.3 is 11.6 Å². The van der Waals surface area contributed by atoms with Crippen LogP contribution in [0.5, 0.6) is 11.6 Å². The predicted molar refractivity (Wildman–Crippen MR) is 67.7 cm³/mol. The van der Waals surface area contributed by atoms with Gasteiger partial charge in [-0.25, -0.2) is 15.2 Å². The number of anilines is 1. The van der Waals surface area contributed by atoms with Gasteiger partial charge in [-0.05, 0) is 24.6 Å². The van der Waals surface area contributed by atoms with Crippen LogP contribution in [0.2, 0.25) is 0 Å². The highest BCUT2D eigenvalue weighted by Crippen LogP contribution is 2.34. The van der Waals surface area contributed by atoms with Gasteiger partial charge in [0.1, 0.15) is 6.33 Å². The molecule has 1 aromatic heterocycles. The van der Waals surface area contributed by atoms with Gasteiger partial charge in [0, 0.05) is 0 Å². The molecule has 0 atom stereocenters. The number of hydrogen-bond acceptors (Lipinski definition) is 7. The van der Waals surface area contributed by atoms with E-state index in [-0.39, 0.29) is 11.6 Å². The van der Waals surface area contributed by atoms with Crippen LogP contribution in [0.25, 0.3) is 0 Å². The van der Waals surface area contributed by atoms with Gasteiger partial charge in [0.25, 0.3) is 0 Å². The van der Waals surface area contributed by atoms with Gasteiger partial charge in [-0.1, -0.05) is 6.07 Å². The van der Waals surface area contributed by atoms with Crippen molar-refractivity contribution in [3.05, 3.63) is 46.0 Å². The molecule has 2 rings (SSSR count). The number of ether oxygens (including phenoxy) is 1. The van der Waals surface area contributed by atoms with Crippen LogP contribution in [0.15, 0.2) is 24.5 Å². The van der Waals surface area contributed by atoms with Gasteiger partial charge in [-0.2, -0.15) is 4.98 Å². The van der Waals surface area contributed by atoms with Crippen LogP contribution < -0.4 is 16.0 Å². The first kappa shape index (κ1) is 13.6. The Morgan fingerprint density at radius 3 is 2.85 bits per heavy atom. The van der Waals surface area contributed by atoms with Crippen LogP contribution >= 0.6 is 0 Å². The van der Waals surface area contributed by atoms with E-state index < -0.39 is 22.3 Å². The molecule has 0 bridgehead atoms. The lowest BCUT2D eigenvalue weighted by atomic mass is 10.2. The van der Waals surface area contributed by atoms with E-state index in [9.17, 15) is 14.5 Å². The van der Waals surface area contributed by atoms with E-state index in [2.05, 4.69) is 15.4 Å². The second kappa shape index (κ2) is 5.45. The average Bonchev–Trinajstić information content (AvgIpc) is 2.42. The van der Waals surface area contributed by atoms with E-state index >= 15 is 0 Å². The van der Waals surface area contributed by atoms with Crippen molar-refractivity contribution in [2.45, 2.75) is 6.92 Å². The summed E-state index contributed by atoms with van der Waals surface area (Å²) in [4.78, 5) is 17.5. The topological polar surface area (TPSA) is 116 Å². The smallest absolute Gasteiger partial charge is 0.374 e. The van der Waals surface area contributed by atoms with Crippen molar-refractivity contribution in [3.8, 4) is 11.6 Å². The monoisotopic (exact) mass is 279 g/mol. The third kappa shape index (κ3) is 2.62. The largest absolute Gasteiger partial charge is 0.430 e. The van der Waals surface area contributed by atoms with E-state index in [4.69, 9.17) is 10.6 Å². The number of nitrogens with zero attached hydrogens (tertiary/aromatic N) is 3. The van der Waals surface area contributed by atoms with Gasteiger partial charge in [-0.3, -0.25) is 10.1 Å². The number of nitrogens with two attached hydrogens (primary N) is 1. The third-order valence-electron chi connectivity index (χ3n) is 2.40. The fourth-order valence-corrected chi connectivity index (χ4v) is 1.50. The van der Waals surface area contributed by atoms with Crippen molar-refractivity contribution in [1.29, 1.82) is 0 Å². The summed E-state index contributed by atoms with van der Waals surface area (Å²) >= 11 is 0. The van der Waals surface area contributed by atoms with Crippen LogP contribution in [0.1, 0.15) is 5.56 Å². The molecule has 8 nitrogen and oxygen atoms in total.